The highest BCUT2D eigenvalue weighted by atomic mass is 16.3. The molecule has 0 aliphatic heterocycles. The minimum atomic E-state index is -0.816. The van der Waals surface area contributed by atoms with Crippen LogP contribution in [0.2, 0.25) is 0 Å². The number of unbranched alkanes of at least 4 members (excludes halogenated alkanes) is 5. The van der Waals surface area contributed by atoms with E-state index in [1.54, 1.807) is 6.08 Å². The zero-order valence-electron chi connectivity index (χ0n) is 11.6. The van der Waals surface area contributed by atoms with Gasteiger partial charge in [0.2, 0.25) is 5.78 Å². The van der Waals surface area contributed by atoms with Crippen LogP contribution in [0.15, 0.2) is 24.8 Å². The van der Waals surface area contributed by atoms with Crippen LogP contribution in [0.5, 0.6) is 0 Å². The van der Waals surface area contributed by atoms with Gasteiger partial charge in [0.05, 0.1) is 0 Å². The molecule has 0 fully saturated rings. The fraction of sp³-hybridized carbons (Fsp3) is 0.471. The lowest BCUT2D eigenvalue weighted by molar-refractivity contribution is -0.109. The van der Waals surface area contributed by atoms with Crippen LogP contribution in [0.3, 0.4) is 0 Å². The molecular weight excluding hydrogens is 236 g/mol. The molecule has 0 aliphatic rings. The molecule has 0 aliphatic carbocycles. The number of hydrogen-bond acceptors (Lipinski definition) is 2. The summed E-state index contributed by atoms with van der Waals surface area (Å²) in [4.78, 5) is 10.7. The van der Waals surface area contributed by atoms with E-state index in [0.717, 1.165) is 18.9 Å². The topological polar surface area (TPSA) is 37.3 Å². The molecule has 0 saturated carbocycles. The van der Waals surface area contributed by atoms with Gasteiger partial charge < -0.3 is 5.11 Å². The second kappa shape index (κ2) is 12.7. The van der Waals surface area contributed by atoms with Crippen molar-refractivity contribution < 1.29 is 9.90 Å². The number of ketones is 1. The Bertz CT molecular complexity index is 410. The molecule has 0 rings (SSSR count). The van der Waals surface area contributed by atoms with E-state index in [2.05, 4.69) is 37.2 Å². The first-order chi connectivity index (χ1) is 9.20. The van der Waals surface area contributed by atoms with E-state index < -0.39 is 6.10 Å². The average molecular weight is 258 g/mol. The van der Waals surface area contributed by atoms with E-state index in [1.165, 1.54) is 25.7 Å². The van der Waals surface area contributed by atoms with Gasteiger partial charge in [-0.3, -0.25) is 4.79 Å². The van der Waals surface area contributed by atoms with E-state index in [-0.39, 0.29) is 5.78 Å². The Balaban J connectivity index is 3.81. The van der Waals surface area contributed by atoms with Crippen molar-refractivity contribution in [3.8, 4) is 23.7 Å². The summed E-state index contributed by atoms with van der Waals surface area (Å²) in [5.74, 6) is 9.23. The first-order valence-electron chi connectivity index (χ1n) is 6.73. The standard InChI is InChI=1S/C17H22O2/c1-3-5-6-7-8-9-10-14-17(19)15-12-11-13-16(18)4-2/h4,10,14,17,19H,2-3,5-9H2,1H3/b14-10-/t17-/m0/s1. The molecule has 0 amide bonds. The SMILES string of the molecule is C=CC(=O)C#CC#C[C@@H](O)/C=C\CCCCCCC. The fourth-order valence-corrected chi connectivity index (χ4v) is 1.39. The van der Waals surface area contributed by atoms with Gasteiger partial charge in [0, 0.05) is 0 Å². The van der Waals surface area contributed by atoms with Crippen molar-refractivity contribution in [2.75, 3.05) is 0 Å². The first kappa shape index (κ1) is 17.2. The summed E-state index contributed by atoms with van der Waals surface area (Å²) in [5.41, 5.74) is 0. The minimum Gasteiger partial charge on any atom is -0.377 e. The summed E-state index contributed by atoms with van der Waals surface area (Å²) >= 11 is 0. The lowest BCUT2D eigenvalue weighted by Crippen LogP contribution is -1.96. The normalized spacial score (nSPS) is 11.1. The Kier molecular flexibility index (Phi) is 11.5. The molecule has 2 nitrogen and oxygen atoms in total. The van der Waals surface area contributed by atoms with Gasteiger partial charge in [-0.2, -0.15) is 0 Å². The highest BCUT2D eigenvalue weighted by Crippen LogP contribution is 2.05. The summed E-state index contributed by atoms with van der Waals surface area (Å²) in [6.45, 7) is 5.49. The van der Waals surface area contributed by atoms with Crippen molar-refractivity contribution in [2.45, 2.75) is 51.6 Å². The van der Waals surface area contributed by atoms with Crippen molar-refractivity contribution in [1.29, 1.82) is 0 Å². The number of allylic oxidation sites excluding steroid dienone is 2. The van der Waals surface area contributed by atoms with Crippen LogP contribution >= 0.6 is 0 Å². The molecule has 0 heterocycles. The van der Waals surface area contributed by atoms with Gasteiger partial charge in [0.15, 0.2) is 0 Å². The van der Waals surface area contributed by atoms with Crippen molar-refractivity contribution in [3.05, 3.63) is 24.8 Å². The van der Waals surface area contributed by atoms with E-state index >= 15 is 0 Å². The third-order valence-corrected chi connectivity index (χ3v) is 2.45. The number of carbonyl (C=O) groups excluding carboxylic acids is 1. The Morgan fingerprint density at radius 2 is 2.00 bits per heavy atom. The van der Waals surface area contributed by atoms with Crippen LogP contribution in [0.1, 0.15) is 45.4 Å². The summed E-state index contributed by atoms with van der Waals surface area (Å²) in [6, 6.07) is 0. The van der Waals surface area contributed by atoms with Gasteiger partial charge in [-0.1, -0.05) is 51.2 Å². The number of carbonyl (C=O) groups is 1. The third kappa shape index (κ3) is 12.5. The zero-order chi connectivity index (χ0) is 14.3. The van der Waals surface area contributed by atoms with Gasteiger partial charge >= 0.3 is 0 Å². The average Bonchev–Trinajstić information content (AvgIpc) is 2.42. The van der Waals surface area contributed by atoms with Gasteiger partial charge in [-0.05, 0) is 42.8 Å². The molecule has 0 aromatic rings. The monoisotopic (exact) mass is 258 g/mol. The molecule has 0 bridgehead atoms. The maximum Gasteiger partial charge on any atom is 0.229 e. The number of aliphatic hydroxyl groups excluding tert-OH is 1. The maximum atomic E-state index is 10.7. The van der Waals surface area contributed by atoms with E-state index in [4.69, 9.17) is 0 Å². The Morgan fingerprint density at radius 3 is 2.68 bits per heavy atom. The largest absolute Gasteiger partial charge is 0.377 e. The van der Waals surface area contributed by atoms with Crippen LogP contribution in [0.25, 0.3) is 0 Å². The second-order valence-electron chi connectivity index (χ2n) is 4.16. The molecule has 102 valence electrons. The predicted octanol–water partition coefficient (Wildman–Crippen LogP) is 3.03. The van der Waals surface area contributed by atoms with Crippen LogP contribution in [0.4, 0.5) is 0 Å². The van der Waals surface area contributed by atoms with Crippen molar-refractivity contribution in [2.24, 2.45) is 0 Å². The summed E-state index contributed by atoms with van der Waals surface area (Å²) in [5, 5.41) is 9.48. The highest BCUT2D eigenvalue weighted by Gasteiger charge is 1.90. The van der Waals surface area contributed by atoms with Crippen LogP contribution in [-0.2, 0) is 4.79 Å². The molecule has 0 aromatic carbocycles. The van der Waals surface area contributed by atoms with Crippen LogP contribution in [0, 0.1) is 23.7 Å². The van der Waals surface area contributed by atoms with Crippen molar-refractivity contribution >= 4 is 5.78 Å². The molecule has 0 radical (unpaired) electrons. The Labute approximate surface area is 116 Å². The number of aliphatic hydroxyl groups is 1. The summed E-state index contributed by atoms with van der Waals surface area (Å²) in [6.07, 6.45) is 11.1. The van der Waals surface area contributed by atoms with E-state index in [0.29, 0.717) is 0 Å². The Hall–Kier alpha value is -1.77. The molecule has 2 heteroatoms. The molecule has 0 saturated heterocycles. The molecular formula is C17H22O2. The quantitative estimate of drug-likeness (QED) is 0.239. The third-order valence-electron chi connectivity index (χ3n) is 2.45. The number of hydrogen-bond donors (Lipinski definition) is 1. The van der Waals surface area contributed by atoms with Crippen LogP contribution in [-0.4, -0.2) is 17.0 Å². The molecule has 1 atom stereocenters. The van der Waals surface area contributed by atoms with Crippen LogP contribution < -0.4 is 0 Å². The Morgan fingerprint density at radius 1 is 1.26 bits per heavy atom. The van der Waals surface area contributed by atoms with Crippen molar-refractivity contribution in [1.82, 2.24) is 0 Å². The van der Waals surface area contributed by atoms with E-state index in [1.807, 2.05) is 6.08 Å². The fourth-order valence-electron chi connectivity index (χ4n) is 1.39. The lowest BCUT2D eigenvalue weighted by atomic mass is 10.1. The zero-order valence-corrected chi connectivity index (χ0v) is 11.6. The molecule has 1 N–H and O–H groups in total. The van der Waals surface area contributed by atoms with Gasteiger partial charge in [0.1, 0.15) is 6.10 Å². The highest BCUT2D eigenvalue weighted by molar-refractivity contribution is 6.04. The van der Waals surface area contributed by atoms with E-state index in [9.17, 15) is 9.90 Å². The molecule has 19 heavy (non-hydrogen) atoms. The smallest absolute Gasteiger partial charge is 0.229 e. The maximum absolute atomic E-state index is 10.7. The number of rotatable bonds is 8. The summed E-state index contributed by atoms with van der Waals surface area (Å²) in [7, 11) is 0. The molecule has 0 unspecified atom stereocenters. The van der Waals surface area contributed by atoms with Gasteiger partial charge in [-0.25, -0.2) is 0 Å². The van der Waals surface area contributed by atoms with Gasteiger partial charge in [0.25, 0.3) is 0 Å². The lowest BCUT2D eigenvalue weighted by Gasteiger charge is -1.96. The first-order valence-corrected chi connectivity index (χ1v) is 6.73. The van der Waals surface area contributed by atoms with Crippen molar-refractivity contribution in [3.63, 3.8) is 0 Å². The second-order valence-corrected chi connectivity index (χ2v) is 4.16. The molecule has 0 spiro atoms. The minimum absolute atomic E-state index is 0.369. The summed E-state index contributed by atoms with van der Waals surface area (Å²) < 4.78 is 0. The van der Waals surface area contributed by atoms with Gasteiger partial charge in [-0.15, -0.1) is 0 Å². The molecule has 0 aromatic heterocycles. The predicted molar refractivity (Wildman–Crippen MR) is 79.3 cm³/mol.